The Morgan fingerprint density at radius 1 is 1.25 bits per heavy atom. The predicted octanol–water partition coefficient (Wildman–Crippen LogP) is 2.50. The maximum atomic E-state index is 11.8. The summed E-state index contributed by atoms with van der Waals surface area (Å²) in [6, 6.07) is 12.4. The quantitative estimate of drug-likeness (QED) is 0.866. The van der Waals surface area contributed by atoms with Crippen LogP contribution < -0.4 is 4.74 Å². The molecule has 0 saturated carbocycles. The second-order valence-corrected chi connectivity index (χ2v) is 6.09. The third kappa shape index (κ3) is 3.74. The van der Waals surface area contributed by atoms with Crippen molar-refractivity contribution in [1.29, 1.82) is 0 Å². The first-order valence-electron chi connectivity index (χ1n) is 8.20. The first-order chi connectivity index (χ1) is 11.7. The van der Waals surface area contributed by atoms with Gasteiger partial charge >= 0.3 is 0 Å². The number of hydrogen-bond acceptors (Lipinski definition) is 4. The standard InChI is InChI=1S/C19H23N3O2/c1-15(23)21-10-11-22(13-16-4-3-9-20-12-16)19(14-21)17-5-7-18(24-2)8-6-17/h3-9,12,19H,10-11,13-14H2,1-2H3/t19-/m0/s1. The molecule has 5 nitrogen and oxygen atoms in total. The lowest BCUT2D eigenvalue weighted by Crippen LogP contribution is -2.49. The number of piperazine rings is 1. The molecule has 1 aliphatic rings. The van der Waals surface area contributed by atoms with Gasteiger partial charge in [0.1, 0.15) is 5.75 Å². The highest BCUT2D eigenvalue weighted by Gasteiger charge is 2.29. The zero-order valence-electron chi connectivity index (χ0n) is 14.2. The zero-order valence-corrected chi connectivity index (χ0v) is 14.2. The van der Waals surface area contributed by atoms with Crippen LogP contribution in [0.25, 0.3) is 0 Å². The summed E-state index contributed by atoms with van der Waals surface area (Å²) in [5, 5.41) is 0. The Morgan fingerprint density at radius 2 is 2.04 bits per heavy atom. The largest absolute Gasteiger partial charge is 0.497 e. The second kappa shape index (κ2) is 7.45. The highest BCUT2D eigenvalue weighted by Crippen LogP contribution is 2.28. The highest BCUT2D eigenvalue weighted by molar-refractivity contribution is 5.73. The van der Waals surface area contributed by atoms with Crippen LogP contribution in [0.5, 0.6) is 5.75 Å². The number of aromatic nitrogens is 1. The average molecular weight is 325 g/mol. The minimum absolute atomic E-state index is 0.134. The van der Waals surface area contributed by atoms with Gasteiger partial charge < -0.3 is 9.64 Å². The first kappa shape index (κ1) is 16.5. The third-order valence-electron chi connectivity index (χ3n) is 4.55. The molecule has 3 rings (SSSR count). The van der Waals surface area contributed by atoms with Gasteiger partial charge in [0.2, 0.25) is 5.91 Å². The van der Waals surface area contributed by atoms with Gasteiger partial charge in [0.15, 0.2) is 0 Å². The number of carbonyl (C=O) groups excluding carboxylic acids is 1. The third-order valence-corrected chi connectivity index (χ3v) is 4.55. The van der Waals surface area contributed by atoms with Gasteiger partial charge in [-0.2, -0.15) is 0 Å². The minimum atomic E-state index is 0.134. The van der Waals surface area contributed by atoms with E-state index < -0.39 is 0 Å². The lowest BCUT2D eigenvalue weighted by atomic mass is 10.0. The average Bonchev–Trinajstić information content (AvgIpc) is 2.63. The monoisotopic (exact) mass is 325 g/mol. The molecule has 0 unspecified atom stereocenters. The molecule has 1 fully saturated rings. The van der Waals surface area contributed by atoms with Gasteiger partial charge in [-0.05, 0) is 29.3 Å². The molecule has 1 atom stereocenters. The van der Waals surface area contributed by atoms with Gasteiger partial charge in [0, 0.05) is 45.5 Å². The molecule has 24 heavy (non-hydrogen) atoms. The zero-order chi connectivity index (χ0) is 16.9. The molecule has 1 saturated heterocycles. The Bertz CT molecular complexity index is 673. The molecular formula is C19H23N3O2. The molecule has 1 aromatic heterocycles. The fourth-order valence-electron chi connectivity index (χ4n) is 3.16. The van der Waals surface area contributed by atoms with E-state index in [1.807, 2.05) is 29.3 Å². The van der Waals surface area contributed by atoms with Crippen LogP contribution in [0, 0.1) is 0 Å². The normalized spacial score (nSPS) is 18.4. The van der Waals surface area contributed by atoms with Crippen molar-refractivity contribution in [2.45, 2.75) is 19.5 Å². The fraction of sp³-hybridized carbons (Fsp3) is 0.368. The molecule has 5 heteroatoms. The molecule has 0 radical (unpaired) electrons. The van der Waals surface area contributed by atoms with Gasteiger partial charge in [-0.3, -0.25) is 14.7 Å². The van der Waals surface area contributed by atoms with Crippen LogP contribution >= 0.6 is 0 Å². The van der Waals surface area contributed by atoms with Crippen LogP contribution in [0.2, 0.25) is 0 Å². The Kier molecular flexibility index (Phi) is 5.11. The SMILES string of the molecule is COc1ccc([C@@H]2CN(C(C)=O)CCN2Cc2cccnc2)cc1. The van der Waals surface area contributed by atoms with E-state index in [-0.39, 0.29) is 11.9 Å². The van der Waals surface area contributed by atoms with Gasteiger partial charge in [-0.25, -0.2) is 0 Å². The summed E-state index contributed by atoms with van der Waals surface area (Å²) < 4.78 is 5.25. The molecule has 2 heterocycles. The number of nitrogens with zero attached hydrogens (tertiary/aromatic N) is 3. The van der Waals surface area contributed by atoms with Crippen molar-refractivity contribution in [3.63, 3.8) is 0 Å². The summed E-state index contributed by atoms with van der Waals surface area (Å²) in [6.45, 7) is 4.80. The number of ether oxygens (including phenoxy) is 1. The maximum absolute atomic E-state index is 11.8. The van der Waals surface area contributed by atoms with Crippen molar-refractivity contribution in [2.75, 3.05) is 26.7 Å². The second-order valence-electron chi connectivity index (χ2n) is 6.09. The topological polar surface area (TPSA) is 45.7 Å². The number of amides is 1. The van der Waals surface area contributed by atoms with Gasteiger partial charge in [0.05, 0.1) is 13.2 Å². The number of rotatable bonds is 4. The molecule has 0 spiro atoms. The molecule has 1 aromatic carbocycles. The van der Waals surface area contributed by atoms with Crippen LogP contribution in [-0.2, 0) is 11.3 Å². The summed E-state index contributed by atoms with van der Waals surface area (Å²) in [6.07, 6.45) is 3.70. The van der Waals surface area contributed by atoms with Crippen LogP contribution in [0.15, 0.2) is 48.8 Å². The Balaban J connectivity index is 1.83. The smallest absolute Gasteiger partial charge is 0.219 e. The summed E-state index contributed by atoms with van der Waals surface area (Å²) >= 11 is 0. The van der Waals surface area contributed by atoms with Gasteiger partial charge in [-0.1, -0.05) is 18.2 Å². The van der Waals surface area contributed by atoms with E-state index >= 15 is 0 Å². The van der Waals surface area contributed by atoms with E-state index in [4.69, 9.17) is 4.74 Å². The summed E-state index contributed by atoms with van der Waals surface area (Å²) in [4.78, 5) is 20.4. The number of carbonyl (C=O) groups is 1. The van der Waals surface area contributed by atoms with Crippen molar-refractivity contribution in [2.24, 2.45) is 0 Å². The Hall–Kier alpha value is -2.40. The maximum Gasteiger partial charge on any atom is 0.219 e. The molecule has 2 aromatic rings. The van der Waals surface area contributed by atoms with Crippen LogP contribution in [0.4, 0.5) is 0 Å². The van der Waals surface area contributed by atoms with Crippen molar-refractivity contribution >= 4 is 5.91 Å². The minimum Gasteiger partial charge on any atom is -0.497 e. The molecule has 126 valence electrons. The number of pyridine rings is 1. The van der Waals surface area contributed by atoms with E-state index in [2.05, 4.69) is 28.1 Å². The van der Waals surface area contributed by atoms with Crippen molar-refractivity contribution in [1.82, 2.24) is 14.8 Å². The summed E-state index contributed by atoms with van der Waals surface area (Å²) in [7, 11) is 1.67. The Labute approximate surface area is 142 Å². The van der Waals surface area contributed by atoms with E-state index in [1.54, 1.807) is 20.2 Å². The van der Waals surface area contributed by atoms with E-state index in [1.165, 1.54) is 11.1 Å². The van der Waals surface area contributed by atoms with E-state index in [9.17, 15) is 4.79 Å². The molecule has 0 aliphatic carbocycles. The van der Waals surface area contributed by atoms with Crippen molar-refractivity contribution < 1.29 is 9.53 Å². The van der Waals surface area contributed by atoms with Crippen LogP contribution in [-0.4, -0.2) is 47.4 Å². The Morgan fingerprint density at radius 3 is 2.67 bits per heavy atom. The van der Waals surface area contributed by atoms with E-state index in [0.29, 0.717) is 6.54 Å². The molecular weight excluding hydrogens is 302 g/mol. The lowest BCUT2D eigenvalue weighted by Gasteiger charge is -2.41. The van der Waals surface area contributed by atoms with Gasteiger partial charge in [0.25, 0.3) is 0 Å². The molecule has 1 amide bonds. The van der Waals surface area contributed by atoms with Crippen molar-refractivity contribution in [3.8, 4) is 5.75 Å². The predicted molar refractivity (Wildman–Crippen MR) is 92.6 cm³/mol. The van der Waals surface area contributed by atoms with Gasteiger partial charge in [-0.15, -0.1) is 0 Å². The summed E-state index contributed by atoms with van der Waals surface area (Å²) in [5.74, 6) is 0.978. The highest BCUT2D eigenvalue weighted by atomic mass is 16.5. The van der Waals surface area contributed by atoms with Crippen molar-refractivity contribution in [3.05, 3.63) is 59.9 Å². The van der Waals surface area contributed by atoms with Crippen LogP contribution in [0.1, 0.15) is 24.1 Å². The van der Waals surface area contributed by atoms with Crippen LogP contribution in [0.3, 0.4) is 0 Å². The number of methoxy groups -OCH3 is 1. The summed E-state index contributed by atoms with van der Waals surface area (Å²) in [5.41, 5.74) is 2.39. The molecule has 1 aliphatic heterocycles. The van der Waals surface area contributed by atoms with E-state index in [0.717, 1.165) is 25.4 Å². The fourth-order valence-corrected chi connectivity index (χ4v) is 3.16. The first-order valence-corrected chi connectivity index (χ1v) is 8.20. The number of benzene rings is 1. The molecule has 0 bridgehead atoms. The lowest BCUT2D eigenvalue weighted by molar-refractivity contribution is -0.132. The molecule has 0 N–H and O–H groups in total. The number of hydrogen-bond donors (Lipinski definition) is 0.